The molecule has 26 heavy (non-hydrogen) atoms. The van der Waals surface area contributed by atoms with Crippen molar-refractivity contribution in [2.45, 2.75) is 129 Å². The molecule has 0 aromatic rings. The van der Waals surface area contributed by atoms with Gasteiger partial charge in [0.25, 0.3) is 0 Å². The molecule has 0 atom stereocenters. The van der Waals surface area contributed by atoms with Gasteiger partial charge >= 0.3 is 0 Å². The first kappa shape index (κ1) is 25.2. The topological polar surface area (TPSA) is 29.1 Å². The molecule has 1 amide bonds. The van der Waals surface area contributed by atoms with Crippen LogP contribution in [0.4, 0.5) is 0 Å². The molecule has 0 aromatic carbocycles. The summed E-state index contributed by atoms with van der Waals surface area (Å²) in [5.74, 6) is 0.249. The van der Waals surface area contributed by atoms with Gasteiger partial charge in [0.2, 0.25) is 5.91 Å². The highest BCUT2D eigenvalue weighted by molar-refractivity contribution is 5.75. The van der Waals surface area contributed by atoms with E-state index < -0.39 is 0 Å². The van der Waals surface area contributed by atoms with E-state index in [2.05, 4.69) is 31.3 Å². The highest BCUT2D eigenvalue weighted by Gasteiger charge is 2.00. The summed E-state index contributed by atoms with van der Waals surface area (Å²) in [4.78, 5) is 11.7. The number of hydrogen-bond acceptors (Lipinski definition) is 1. The fourth-order valence-corrected chi connectivity index (χ4v) is 3.22. The minimum absolute atomic E-state index is 0.249. The van der Waals surface area contributed by atoms with Crippen LogP contribution in [0, 0.1) is 0 Å². The zero-order valence-electron chi connectivity index (χ0n) is 18.0. The Hall–Kier alpha value is -0.790. The zero-order chi connectivity index (χ0) is 19.1. The number of carbonyl (C=O) groups excluding carboxylic acids is 1. The van der Waals surface area contributed by atoms with E-state index in [0.29, 0.717) is 6.42 Å². The number of carbonyl (C=O) groups is 1. The number of nitrogens with one attached hydrogen (secondary N) is 1. The lowest BCUT2D eigenvalue weighted by molar-refractivity contribution is -0.121. The Kier molecular flexibility index (Phi) is 21.6. The van der Waals surface area contributed by atoms with Crippen LogP contribution in [0.15, 0.2) is 12.2 Å². The van der Waals surface area contributed by atoms with Gasteiger partial charge < -0.3 is 5.32 Å². The second-order valence-electron chi connectivity index (χ2n) is 7.74. The van der Waals surface area contributed by atoms with E-state index in [4.69, 9.17) is 0 Å². The molecule has 0 saturated carbocycles. The standard InChI is InChI=1S/C24H47NO/c1-3-5-7-9-10-11-12-13-14-15-16-17-18-19-20-22-24(26)25-23-21-8-6-4-2/h13-14H,3-12,15-23H2,1-2H3,(H,25,26). The number of amides is 1. The van der Waals surface area contributed by atoms with Crippen molar-refractivity contribution in [1.82, 2.24) is 5.32 Å². The SMILES string of the molecule is CCCCCCCCC=CCCCCCCCC(=O)NCCCCCC. The summed E-state index contributed by atoms with van der Waals surface area (Å²) in [6.45, 7) is 5.35. The van der Waals surface area contributed by atoms with Crippen molar-refractivity contribution in [1.29, 1.82) is 0 Å². The number of hydrogen-bond donors (Lipinski definition) is 1. The Bertz CT molecular complexity index is 311. The van der Waals surface area contributed by atoms with Crippen LogP contribution in [0.1, 0.15) is 129 Å². The summed E-state index contributed by atoms with van der Waals surface area (Å²) in [7, 11) is 0. The lowest BCUT2D eigenvalue weighted by atomic mass is 10.1. The van der Waals surface area contributed by atoms with Crippen LogP contribution in [-0.4, -0.2) is 12.5 Å². The molecule has 0 rings (SSSR count). The van der Waals surface area contributed by atoms with Gasteiger partial charge in [0.1, 0.15) is 0 Å². The Morgan fingerprint density at radius 1 is 0.615 bits per heavy atom. The average Bonchev–Trinajstić information content (AvgIpc) is 2.64. The van der Waals surface area contributed by atoms with Crippen molar-refractivity contribution < 1.29 is 4.79 Å². The van der Waals surface area contributed by atoms with Gasteiger partial charge in [0.05, 0.1) is 0 Å². The molecule has 0 aromatic heterocycles. The molecule has 0 radical (unpaired) electrons. The van der Waals surface area contributed by atoms with Crippen LogP contribution in [-0.2, 0) is 4.79 Å². The maximum atomic E-state index is 11.7. The third kappa shape index (κ3) is 21.3. The Labute approximate surface area is 164 Å². The van der Waals surface area contributed by atoms with E-state index in [1.807, 2.05) is 0 Å². The molecule has 0 aliphatic carbocycles. The summed E-state index contributed by atoms with van der Waals surface area (Å²) in [5.41, 5.74) is 0. The fourth-order valence-electron chi connectivity index (χ4n) is 3.22. The molecular weight excluding hydrogens is 318 g/mol. The summed E-state index contributed by atoms with van der Waals surface area (Å²) in [6, 6.07) is 0. The van der Waals surface area contributed by atoms with Crippen LogP contribution in [0.25, 0.3) is 0 Å². The first-order chi connectivity index (χ1) is 12.8. The van der Waals surface area contributed by atoms with E-state index in [0.717, 1.165) is 19.4 Å². The first-order valence-corrected chi connectivity index (χ1v) is 11.7. The molecule has 0 aliphatic rings. The number of allylic oxidation sites excluding steroid dienone is 2. The van der Waals surface area contributed by atoms with Gasteiger partial charge in [-0.1, -0.05) is 96.6 Å². The highest BCUT2D eigenvalue weighted by Crippen LogP contribution is 2.10. The molecule has 2 heteroatoms. The van der Waals surface area contributed by atoms with Gasteiger partial charge in [-0.3, -0.25) is 4.79 Å². The summed E-state index contributed by atoms with van der Waals surface area (Å²) in [6.07, 6.45) is 27.3. The molecular formula is C24H47NO. The summed E-state index contributed by atoms with van der Waals surface area (Å²) >= 11 is 0. The van der Waals surface area contributed by atoms with Crippen LogP contribution in [0.5, 0.6) is 0 Å². The smallest absolute Gasteiger partial charge is 0.219 e. The molecule has 0 heterocycles. The normalized spacial score (nSPS) is 11.3. The minimum Gasteiger partial charge on any atom is -0.356 e. The molecule has 0 spiro atoms. The number of unbranched alkanes of at least 4 members (excludes halogenated alkanes) is 14. The molecule has 154 valence electrons. The predicted octanol–water partition coefficient (Wildman–Crippen LogP) is 7.72. The molecule has 0 unspecified atom stereocenters. The summed E-state index contributed by atoms with van der Waals surface area (Å²) < 4.78 is 0. The van der Waals surface area contributed by atoms with Gasteiger partial charge in [-0.25, -0.2) is 0 Å². The Morgan fingerprint density at radius 2 is 1.08 bits per heavy atom. The molecule has 0 fully saturated rings. The van der Waals surface area contributed by atoms with Crippen molar-refractivity contribution in [3.63, 3.8) is 0 Å². The van der Waals surface area contributed by atoms with Crippen LogP contribution < -0.4 is 5.32 Å². The van der Waals surface area contributed by atoms with E-state index in [1.165, 1.54) is 96.3 Å². The van der Waals surface area contributed by atoms with Gasteiger partial charge in [-0.2, -0.15) is 0 Å². The van der Waals surface area contributed by atoms with Gasteiger partial charge in [0, 0.05) is 13.0 Å². The quantitative estimate of drug-likeness (QED) is 0.174. The average molecular weight is 366 g/mol. The molecule has 0 bridgehead atoms. The Morgan fingerprint density at radius 3 is 1.65 bits per heavy atom. The van der Waals surface area contributed by atoms with E-state index in [9.17, 15) is 4.79 Å². The Balaban J connectivity index is 3.18. The lowest BCUT2D eigenvalue weighted by Gasteiger charge is -2.05. The molecule has 2 nitrogen and oxygen atoms in total. The van der Waals surface area contributed by atoms with E-state index >= 15 is 0 Å². The third-order valence-electron chi connectivity index (χ3n) is 5.02. The fraction of sp³-hybridized carbons (Fsp3) is 0.875. The first-order valence-electron chi connectivity index (χ1n) is 11.7. The third-order valence-corrected chi connectivity index (χ3v) is 5.02. The second-order valence-corrected chi connectivity index (χ2v) is 7.74. The molecule has 0 aliphatic heterocycles. The zero-order valence-corrected chi connectivity index (χ0v) is 18.0. The maximum absolute atomic E-state index is 11.7. The van der Waals surface area contributed by atoms with Crippen LogP contribution in [0.3, 0.4) is 0 Å². The monoisotopic (exact) mass is 365 g/mol. The van der Waals surface area contributed by atoms with Crippen molar-refractivity contribution in [3.8, 4) is 0 Å². The van der Waals surface area contributed by atoms with Crippen molar-refractivity contribution in [3.05, 3.63) is 12.2 Å². The van der Waals surface area contributed by atoms with Gasteiger partial charge in [-0.15, -0.1) is 0 Å². The van der Waals surface area contributed by atoms with E-state index in [-0.39, 0.29) is 5.91 Å². The predicted molar refractivity (Wildman–Crippen MR) is 117 cm³/mol. The van der Waals surface area contributed by atoms with Crippen molar-refractivity contribution >= 4 is 5.91 Å². The highest BCUT2D eigenvalue weighted by atomic mass is 16.1. The minimum atomic E-state index is 0.249. The van der Waals surface area contributed by atoms with Gasteiger partial charge in [0.15, 0.2) is 0 Å². The molecule has 1 N–H and O–H groups in total. The van der Waals surface area contributed by atoms with Gasteiger partial charge in [-0.05, 0) is 38.5 Å². The summed E-state index contributed by atoms with van der Waals surface area (Å²) in [5, 5.41) is 3.04. The van der Waals surface area contributed by atoms with Crippen molar-refractivity contribution in [2.24, 2.45) is 0 Å². The maximum Gasteiger partial charge on any atom is 0.219 e. The van der Waals surface area contributed by atoms with Crippen LogP contribution >= 0.6 is 0 Å². The van der Waals surface area contributed by atoms with Crippen molar-refractivity contribution in [2.75, 3.05) is 6.54 Å². The lowest BCUT2D eigenvalue weighted by Crippen LogP contribution is -2.23. The van der Waals surface area contributed by atoms with Crippen LogP contribution in [0.2, 0.25) is 0 Å². The van der Waals surface area contributed by atoms with E-state index in [1.54, 1.807) is 0 Å². The number of rotatable bonds is 20. The second kappa shape index (κ2) is 22.3. The molecule has 0 saturated heterocycles. The largest absolute Gasteiger partial charge is 0.356 e.